The summed E-state index contributed by atoms with van der Waals surface area (Å²) in [4.78, 5) is 23.1. The maximum Gasteiger partial charge on any atom is 0.408 e. The topological polar surface area (TPSA) is 75.6 Å². The number of alkyl carbamates (subject to hydrolysis) is 1. The molecule has 0 saturated carbocycles. The minimum absolute atomic E-state index is 0.319. The Morgan fingerprint density at radius 1 is 1.17 bits per heavy atom. The highest BCUT2D eigenvalue weighted by Gasteiger charge is 2.24. The molecule has 5 heteroatoms. The minimum Gasteiger partial charge on any atom is -0.480 e. The molecule has 1 rings (SSSR count). The predicted molar refractivity (Wildman–Crippen MR) is 89.8 cm³/mol. The van der Waals surface area contributed by atoms with Gasteiger partial charge in [-0.25, -0.2) is 9.59 Å². The van der Waals surface area contributed by atoms with Gasteiger partial charge in [0, 0.05) is 0 Å². The van der Waals surface area contributed by atoms with E-state index in [9.17, 15) is 14.7 Å². The summed E-state index contributed by atoms with van der Waals surface area (Å²) in [5.41, 5.74) is 3.95. The third-order valence-electron chi connectivity index (χ3n) is 3.51. The number of benzene rings is 1. The smallest absolute Gasteiger partial charge is 0.408 e. The Bertz CT molecular complexity index is 564. The third kappa shape index (κ3) is 6.30. The van der Waals surface area contributed by atoms with Crippen molar-refractivity contribution in [3.8, 4) is 0 Å². The lowest BCUT2D eigenvalue weighted by atomic mass is 9.94. The maximum atomic E-state index is 11.8. The van der Waals surface area contributed by atoms with E-state index in [4.69, 9.17) is 4.74 Å². The number of carboxylic acids is 1. The van der Waals surface area contributed by atoms with Gasteiger partial charge in [0.15, 0.2) is 0 Å². The van der Waals surface area contributed by atoms with E-state index >= 15 is 0 Å². The van der Waals surface area contributed by atoms with Crippen LogP contribution >= 0.6 is 0 Å². The standard InChI is InChI=1S/C18H27NO4/c1-11-9-12(2)14(13(3)10-11)7-8-15(16(20)21)19-17(22)23-18(4,5)6/h9-10,15H,7-8H2,1-6H3,(H,19,22)(H,20,21)/t15-/m0/s1. The predicted octanol–water partition coefficient (Wildman–Crippen LogP) is 3.52. The summed E-state index contributed by atoms with van der Waals surface area (Å²) >= 11 is 0. The minimum atomic E-state index is -1.06. The fourth-order valence-corrected chi connectivity index (χ4v) is 2.60. The van der Waals surface area contributed by atoms with Crippen molar-refractivity contribution in [3.05, 3.63) is 34.4 Å². The number of ether oxygens (including phenoxy) is 1. The van der Waals surface area contributed by atoms with Gasteiger partial charge in [-0.1, -0.05) is 17.7 Å². The van der Waals surface area contributed by atoms with Crippen LogP contribution in [0.5, 0.6) is 0 Å². The molecule has 0 aliphatic carbocycles. The Kier molecular flexibility index (Phi) is 6.19. The molecule has 0 spiro atoms. The van der Waals surface area contributed by atoms with Crippen molar-refractivity contribution in [2.24, 2.45) is 0 Å². The van der Waals surface area contributed by atoms with Gasteiger partial charge >= 0.3 is 12.1 Å². The number of nitrogens with one attached hydrogen (secondary N) is 1. The molecule has 1 aromatic rings. The first-order chi connectivity index (χ1) is 10.5. The van der Waals surface area contributed by atoms with Crippen LogP contribution in [-0.2, 0) is 16.0 Å². The lowest BCUT2D eigenvalue weighted by molar-refractivity contribution is -0.139. The van der Waals surface area contributed by atoms with Crippen LogP contribution in [0, 0.1) is 20.8 Å². The zero-order valence-corrected chi connectivity index (χ0v) is 14.8. The molecule has 23 heavy (non-hydrogen) atoms. The summed E-state index contributed by atoms with van der Waals surface area (Å²) in [6, 6.07) is 3.20. The van der Waals surface area contributed by atoms with Gasteiger partial charge in [0.05, 0.1) is 0 Å². The van der Waals surface area contributed by atoms with Gasteiger partial charge in [0.2, 0.25) is 0 Å². The number of rotatable bonds is 5. The summed E-state index contributed by atoms with van der Waals surface area (Å²) in [7, 11) is 0. The molecule has 0 bridgehead atoms. The molecule has 5 nitrogen and oxygen atoms in total. The maximum absolute atomic E-state index is 11.8. The zero-order valence-electron chi connectivity index (χ0n) is 14.8. The number of carbonyl (C=O) groups excluding carboxylic acids is 1. The van der Waals surface area contributed by atoms with Crippen molar-refractivity contribution in [2.75, 3.05) is 0 Å². The third-order valence-corrected chi connectivity index (χ3v) is 3.51. The van der Waals surface area contributed by atoms with Gasteiger partial charge in [0.25, 0.3) is 0 Å². The number of amides is 1. The molecule has 0 radical (unpaired) electrons. The summed E-state index contributed by atoms with van der Waals surface area (Å²) < 4.78 is 5.12. The highest BCUT2D eigenvalue weighted by atomic mass is 16.6. The van der Waals surface area contributed by atoms with Crippen LogP contribution in [0.3, 0.4) is 0 Å². The van der Waals surface area contributed by atoms with E-state index in [1.54, 1.807) is 20.8 Å². The Morgan fingerprint density at radius 3 is 2.13 bits per heavy atom. The van der Waals surface area contributed by atoms with Crippen molar-refractivity contribution in [1.82, 2.24) is 5.32 Å². The summed E-state index contributed by atoms with van der Waals surface area (Å²) in [6.45, 7) is 11.3. The number of carboxylic acid groups (broad SMARTS) is 1. The van der Waals surface area contributed by atoms with Crippen LogP contribution < -0.4 is 5.32 Å². The first kappa shape index (κ1) is 19.0. The molecule has 0 aliphatic rings. The van der Waals surface area contributed by atoms with Gasteiger partial charge in [-0.05, 0) is 71.1 Å². The molecule has 1 aromatic carbocycles. The molecule has 1 amide bonds. The van der Waals surface area contributed by atoms with E-state index < -0.39 is 23.7 Å². The van der Waals surface area contributed by atoms with E-state index in [1.807, 2.05) is 20.8 Å². The first-order valence-electron chi connectivity index (χ1n) is 7.78. The molecular formula is C18H27NO4. The van der Waals surface area contributed by atoms with Gasteiger partial charge < -0.3 is 15.2 Å². The molecular weight excluding hydrogens is 294 g/mol. The fourth-order valence-electron chi connectivity index (χ4n) is 2.60. The van der Waals surface area contributed by atoms with Crippen LogP contribution in [0.1, 0.15) is 49.4 Å². The van der Waals surface area contributed by atoms with E-state index in [0.717, 1.165) is 16.7 Å². The monoisotopic (exact) mass is 321 g/mol. The second kappa shape index (κ2) is 7.49. The van der Waals surface area contributed by atoms with Crippen molar-refractivity contribution in [2.45, 2.75) is 66.0 Å². The van der Waals surface area contributed by atoms with Gasteiger partial charge in [-0.3, -0.25) is 0 Å². The lowest BCUT2D eigenvalue weighted by Gasteiger charge is -2.22. The molecule has 0 aliphatic heterocycles. The molecule has 0 aromatic heterocycles. The number of hydrogen-bond donors (Lipinski definition) is 2. The largest absolute Gasteiger partial charge is 0.480 e. The Labute approximate surface area is 138 Å². The first-order valence-corrected chi connectivity index (χ1v) is 7.78. The number of aliphatic carboxylic acids is 1. The van der Waals surface area contributed by atoms with E-state index in [1.165, 1.54) is 5.56 Å². The van der Waals surface area contributed by atoms with Crippen LogP contribution in [0.25, 0.3) is 0 Å². The number of carbonyl (C=O) groups is 2. The van der Waals surface area contributed by atoms with Crippen molar-refractivity contribution in [1.29, 1.82) is 0 Å². The van der Waals surface area contributed by atoms with Gasteiger partial charge in [-0.2, -0.15) is 0 Å². The quantitative estimate of drug-likeness (QED) is 0.870. The van der Waals surface area contributed by atoms with Crippen molar-refractivity contribution < 1.29 is 19.4 Å². The van der Waals surface area contributed by atoms with E-state index in [2.05, 4.69) is 17.4 Å². The summed E-state index contributed by atoms with van der Waals surface area (Å²) in [5, 5.41) is 11.7. The number of aryl methyl sites for hydroxylation is 3. The lowest BCUT2D eigenvalue weighted by Crippen LogP contribution is -2.43. The normalized spacial score (nSPS) is 12.6. The van der Waals surface area contributed by atoms with Crippen molar-refractivity contribution in [3.63, 3.8) is 0 Å². The Balaban J connectivity index is 2.75. The summed E-state index contributed by atoms with van der Waals surface area (Å²) in [5.74, 6) is -1.06. The molecule has 128 valence electrons. The van der Waals surface area contributed by atoms with Crippen LogP contribution in [-0.4, -0.2) is 28.8 Å². The van der Waals surface area contributed by atoms with E-state index in [0.29, 0.717) is 12.8 Å². The molecule has 2 N–H and O–H groups in total. The van der Waals surface area contributed by atoms with Gasteiger partial charge in [-0.15, -0.1) is 0 Å². The summed E-state index contributed by atoms with van der Waals surface area (Å²) in [6.07, 6.45) is 0.201. The Hall–Kier alpha value is -2.04. The average molecular weight is 321 g/mol. The fraction of sp³-hybridized carbons (Fsp3) is 0.556. The molecule has 1 atom stereocenters. The number of hydrogen-bond acceptors (Lipinski definition) is 3. The van der Waals surface area contributed by atoms with Crippen LogP contribution in [0.2, 0.25) is 0 Å². The van der Waals surface area contributed by atoms with Crippen LogP contribution in [0.15, 0.2) is 12.1 Å². The SMILES string of the molecule is Cc1cc(C)c(CC[C@H](NC(=O)OC(C)(C)C)C(=O)O)c(C)c1. The van der Waals surface area contributed by atoms with E-state index in [-0.39, 0.29) is 0 Å². The van der Waals surface area contributed by atoms with Crippen molar-refractivity contribution >= 4 is 12.1 Å². The second-order valence-electron chi connectivity index (χ2n) is 6.95. The molecule has 0 heterocycles. The van der Waals surface area contributed by atoms with Crippen LogP contribution in [0.4, 0.5) is 4.79 Å². The highest BCUT2D eigenvalue weighted by Crippen LogP contribution is 2.19. The molecule has 0 fully saturated rings. The van der Waals surface area contributed by atoms with Gasteiger partial charge in [0.1, 0.15) is 11.6 Å². The second-order valence-corrected chi connectivity index (χ2v) is 6.95. The zero-order chi connectivity index (χ0) is 17.8. The highest BCUT2D eigenvalue weighted by molar-refractivity contribution is 5.80. The Morgan fingerprint density at radius 2 is 1.70 bits per heavy atom. The molecule has 0 saturated heterocycles. The average Bonchev–Trinajstić information content (AvgIpc) is 2.33. The molecule has 0 unspecified atom stereocenters.